The predicted molar refractivity (Wildman–Crippen MR) is 75.8 cm³/mol. The van der Waals surface area contributed by atoms with Crippen LogP contribution in [0.5, 0.6) is 0 Å². The average Bonchev–Trinajstić information content (AvgIpc) is 2.93. The van der Waals surface area contributed by atoms with Gasteiger partial charge in [-0.2, -0.15) is 0 Å². The Morgan fingerprint density at radius 1 is 1.32 bits per heavy atom. The van der Waals surface area contributed by atoms with Crippen LogP contribution in [0.3, 0.4) is 0 Å². The fourth-order valence-corrected chi connectivity index (χ4v) is 2.78. The van der Waals surface area contributed by atoms with Crippen LogP contribution in [0.25, 0.3) is 10.2 Å². The zero-order valence-electron chi connectivity index (χ0n) is 10.6. The molecular formula is C14H12N2O2S. The third-order valence-electron chi connectivity index (χ3n) is 2.82. The van der Waals surface area contributed by atoms with Gasteiger partial charge in [0.2, 0.25) is 0 Å². The highest BCUT2D eigenvalue weighted by atomic mass is 32.1. The molecule has 0 saturated heterocycles. The Kier molecular flexibility index (Phi) is 2.83. The first-order valence-corrected chi connectivity index (χ1v) is 6.68. The number of fused-ring (bicyclic) bond motifs is 1. The SMILES string of the molecule is Cc1nc2ccc(NC(=O)c3occc3C)cc2s1. The van der Waals surface area contributed by atoms with E-state index in [9.17, 15) is 4.79 Å². The van der Waals surface area contributed by atoms with E-state index in [0.717, 1.165) is 26.5 Å². The Hall–Kier alpha value is -2.14. The second kappa shape index (κ2) is 4.51. The van der Waals surface area contributed by atoms with E-state index >= 15 is 0 Å². The van der Waals surface area contributed by atoms with Crippen LogP contribution in [0.2, 0.25) is 0 Å². The Balaban J connectivity index is 1.89. The number of furan rings is 1. The molecule has 1 N–H and O–H groups in total. The predicted octanol–water partition coefficient (Wildman–Crippen LogP) is 3.76. The molecule has 19 heavy (non-hydrogen) atoms. The van der Waals surface area contributed by atoms with Gasteiger partial charge in [0.25, 0.3) is 5.91 Å². The fraction of sp³-hybridized carbons (Fsp3) is 0.143. The number of rotatable bonds is 2. The molecule has 0 fully saturated rings. The highest BCUT2D eigenvalue weighted by molar-refractivity contribution is 7.18. The standard InChI is InChI=1S/C14H12N2O2S/c1-8-5-6-18-13(8)14(17)16-10-3-4-11-12(7-10)19-9(2)15-11/h3-7H,1-2H3,(H,16,17). The van der Waals surface area contributed by atoms with E-state index in [-0.39, 0.29) is 5.91 Å². The summed E-state index contributed by atoms with van der Waals surface area (Å²) in [6.07, 6.45) is 1.51. The molecule has 5 heteroatoms. The van der Waals surface area contributed by atoms with E-state index in [1.165, 1.54) is 6.26 Å². The molecule has 0 saturated carbocycles. The van der Waals surface area contributed by atoms with Crippen LogP contribution in [0, 0.1) is 13.8 Å². The number of nitrogens with one attached hydrogen (secondary N) is 1. The van der Waals surface area contributed by atoms with Crippen LogP contribution in [0.15, 0.2) is 34.9 Å². The van der Waals surface area contributed by atoms with Crippen molar-refractivity contribution in [2.45, 2.75) is 13.8 Å². The molecule has 0 aliphatic rings. The highest BCUT2D eigenvalue weighted by Gasteiger charge is 2.13. The van der Waals surface area contributed by atoms with Crippen molar-refractivity contribution in [1.82, 2.24) is 4.98 Å². The summed E-state index contributed by atoms with van der Waals surface area (Å²) >= 11 is 1.61. The van der Waals surface area contributed by atoms with Crippen LogP contribution in [0.1, 0.15) is 21.1 Å². The molecule has 0 atom stereocenters. The summed E-state index contributed by atoms with van der Waals surface area (Å²) < 4.78 is 6.23. The van der Waals surface area contributed by atoms with Crippen LogP contribution in [0.4, 0.5) is 5.69 Å². The van der Waals surface area contributed by atoms with Gasteiger partial charge in [0, 0.05) is 11.3 Å². The molecular weight excluding hydrogens is 260 g/mol. The first-order valence-electron chi connectivity index (χ1n) is 5.86. The lowest BCUT2D eigenvalue weighted by molar-refractivity contribution is 0.0996. The zero-order valence-corrected chi connectivity index (χ0v) is 11.4. The van der Waals surface area contributed by atoms with Gasteiger partial charge in [0.1, 0.15) is 0 Å². The smallest absolute Gasteiger partial charge is 0.291 e. The summed E-state index contributed by atoms with van der Waals surface area (Å²) in [5.41, 5.74) is 2.53. The fourth-order valence-electron chi connectivity index (χ4n) is 1.91. The van der Waals surface area contributed by atoms with E-state index in [1.54, 1.807) is 17.4 Å². The number of carbonyl (C=O) groups is 1. The third kappa shape index (κ3) is 2.24. The Labute approximate surface area is 114 Å². The van der Waals surface area contributed by atoms with Crippen molar-refractivity contribution in [2.75, 3.05) is 5.32 Å². The number of aromatic nitrogens is 1. The maximum absolute atomic E-state index is 12.0. The van der Waals surface area contributed by atoms with Gasteiger partial charge < -0.3 is 9.73 Å². The minimum atomic E-state index is -0.233. The monoisotopic (exact) mass is 272 g/mol. The number of hydrogen-bond donors (Lipinski definition) is 1. The first-order chi connectivity index (χ1) is 9.13. The summed E-state index contributed by atoms with van der Waals surface area (Å²) in [5, 5.41) is 3.85. The summed E-state index contributed by atoms with van der Waals surface area (Å²) in [5.74, 6) is 0.115. The number of aryl methyl sites for hydroxylation is 2. The van der Waals surface area contributed by atoms with Crippen molar-refractivity contribution in [2.24, 2.45) is 0 Å². The van der Waals surface area contributed by atoms with Gasteiger partial charge in [-0.05, 0) is 38.1 Å². The van der Waals surface area contributed by atoms with Crippen molar-refractivity contribution in [3.63, 3.8) is 0 Å². The van der Waals surface area contributed by atoms with E-state index in [0.29, 0.717) is 5.76 Å². The Morgan fingerprint density at radius 3 is 2.89 bits per heavy atom. The normalized spacial score (nSPS) is 10.8. The van der Waals surface area contributed by atoms with Crippen LogP contribution in [-0.2, 0) is 0 Å². The topological polar surface area (TPSA) is 55.1 Å². The van der Waals surface area contributed by atoms with Gasteiger partial charge in [-0.1, -0.05) is 0 Å². The molecule has 96 valence electrons. The quantitative estimate of drug-likeness (QED) is 0.772. The number of carbonyl (C=O) groups excluding carboxylic acids is 1. The minimum absolute atomic E-state index is 0.233. The van der Waals surface area contributed by atoms with E-state index < -0.39 is 0 Å². The number of anilines is 1. The first kappa shape index (κ1) is 11.9. The van der Waals surface area contributed by atoms with Crippen molar-refractivity contribution < 1.29 is 9.21 Å². The van der Waals surface area contributed by atoms with Crippen molar-refractivity contribution in [1.29, 1.82) is 0 Å². The number of nitrogens with zero attached hydrogens (tertiary/aromatic N) is 1. The zero-order chi connectivity index (χ0) is 13.4. The summed E-state index contributed by atoms with van der Waals surface area (Å²) in [6, 6.07) is 7.45. The number of benzene rings is 1. The number of amides is 1. The number of thiazole rings is 1. The van der Waals surface area contributed by atoms with E-state index in [4.69, 9.17) is 4.42 Å². The molecule has 2 aromatic heterocycles. The van der Waals surface area contributed by atoms with E-state index in [1.807, 2.05) is 32.0 Å². The second-order valence-electron chi connectivity index (χ2n) is 4.30. The van der Waals surface area contributed by atoms with Crippen molar-refractivity contribution >= 4 is 33.1 Å². The van der Waals surface area contributed by atoms with Gasteiger partial charge in [0.15, 0.2) is 5.76 Å². The van der Waals surface area contributed by atoms with Gasteiger partial charge in [0.05, 0.1) is 21.5 Å². The molecule has 0 aliphatic carbocycles. The molecule has 4 nitrogen and oxygen atoms in total. The van der Waals surface area contributed by atoms with Gasteiger partial charge in [-0.25, -0.2) is 4.98 Å². The summed E-state index contributed by atoms with van der Waals surface area (Å²) in [6.45, 7) is 3.81. The molecule has 0 spiro atoms. The van der Waals surface area contributed by atoms with Crippen molar-refractivity contribution in [3.05, 3.63) is 46.9 Å². The largest absolute Gasteiger partial charge is 0.459 e. The maximum Gasteiger partial charge on any atom is 0.291 e. The molecule has 1 aromatic carbocycles. The van der Waals surface area contributed by atoms with Gasteiger partial charge in [-0.3, -0.25) is 4.79 Å². The lowest BCUT2D eigenvalue weighted by atomic mass is 10.2. The molecule has 3 rings (SSSR count). The van der Waals surface area contributed by atoms with Crippen molar-refractivity contribution in [3.8, 4) is 0 Å². The van der Waals surface area contributed by atoms with Crippen LogP contribution in [-0.4, -0.2) is 10.9 Å². The van der Waals surface area contributed by atoms with E-state index in [2.05, 4.69) is 10.3 Å². The summed E-state index contributed by atoms with van der Waals surface area (Å²) in [7, 11) is 0. The van der Waals surface area contributed by atoms with Crippen LogP contribution < -0.4 is 5.32 Å². The van der Waals surface area contributed by atoms with Gasteiger partial charge in [-0.15, -0.1) is 11.3 Å². The molecule has 0 aliphatic heterocycles. The molecule has 3 aromatic rings. The summed E-state index contributed by atoms with van der Waals surface area (Å²) in [4.78, 5) is 16.4. The lowest BCUT2D eigenvalue weighted by Crippen LogP contribution is -2.11. The Bertz CT molecular complexity index is 758. The van der Waals surface area contributed by atoms with Crippen LogP contribution >= 0.6 is 11.3 Å². The molecule has 0 unspecified atom stereocenters. The molecule has 0 bridgehead atoms. The Morgan fingerprint density at radius 2 is 2.16 bits per heavy atom. The molecule has 2 heterocycles. The average molecular weight is 272 g/mol. The molecule has 1 amide bonds. The second-order valence-corrected chi connectivity index (χ2v) is 5.54. The third-order valence-corrected chi connectivity index (χ3v) is 3.76. The number of hydrogen-bond acceptors (Lipinski definition) is 4. The highest BCUT2D eigenvalue weighted by Crippen LogP contribution is 2.25. The maximum atomic E-state index is 12.0. The lowest BCUT2D eigenvalue weighted by Gasteiger charge is -2.03. The molecule has 0 radical (unpaired) electrons. The van der Waals surface area contributed by atoms with Gasteiger partial charge >= 0.3 is 0 Å². The minimum Gasteiger partial charge on any atom is -0.459 e.